The second-order valence-corrected chi connectivity index (χ2v) is 11.2. The zero-order valence-electron chi connectivity index (χ0n) is 23.8. The van der Waals surface area contributed by atoms with Gasteiger partial charge in [-0.2, -0.15) is 0 Å². The summed E-state index contributed by atoms with van der Waals surface area (Å²) in [7, 11) is 0. The summed E-state index contributed by atoms with van der Waals surface area (Å²) in [5.41, 5.74) is 2.88. The van der Waals surface area contributed by atoms with E-state index in [-0.39, 0.29) is 0 Å². The van der Waals surface area contributed by atoms with E-state index in [0.29, 0.717) is 17.5 Å². The van der Waals surface area contributed by atoms with E-state index in [1.807, 2.05) is 60.7 Å². The molecular formula is C41H25N3. The molecule has 0 N–H and O–H groups in total. The zero-order chi connectivity index (χ0) is 29.0. The summed E-state index contributed by atoms with van der Waals surface area (Å²) in [6.07, 6.45) is 0. The van der Waals surface area contributed by atoms with Crippen molar-refractivity contribution in [2.45, 2.75) is 0 Å². The third kappa shape index (κ3) is 3.87. The molecule has 0 aliphatic rings. The van der Waals surface area contributed by atoms with E-state index < -0.39 is 0 Å². The number of rotatable bonds is 3. The lowest BCUT2D eigenvalue weighted by atomic mass is 9.89. The minimum atomic E-state index is 0.657. The maximum Gasteiger partial charge on any atom is 0.164 e. The smallest absolute Gasteiger partial charge is 0.164 e. The Morgan fingerprint density at radius 3 is 1.30 bits per heavy atom. The molecule has 9 rings (SSSR count). The molecule has 0 atom stereocenters. The van der Waals surface area contributed by atoms with Crippen LogP contribution in [0.15, 0.2) is 152 Å². The van der Waals surface area contributed by atoms with Gasteiger partial charge in [0.1, 0.15) is 0 Å². The van der Waals surface area contributed by atoms with Gasteiger partial charge >= 0.3 is 0 Å². The van der Waals surface area contributed by atoms with Crippen molar-refractivity contribution in [3.8, 4) is 34.2 Å². The monoisotopic (exact) mass is 559 g/mol. The van der Waals surface area contributed by atoms with E-state index in [0.717, 1.165) is 22.1 Å². The maximum atomic E-state index is 5.07. The Morgan fingerprint density at radius 2 is 0.705 bits per heavy atom. The molecule has 204 valence electrons. The molecule has 9 aromatic rings. The zero-order valence-corrected chi connectivity index (χ0v) is 23.8. The number of nitrogens with zero attached hydrogens (tertiary/aromatic N) is 3. The van der Waals surface area contributed by atoms with E-state index in [1.54, 1.807) is 0 Å². The van der Waals surface area contributed by atoms with Crippen LogP contribution < -0.4 is 0 Å². The van der Waals surface area contributed by atoms with Gasteiger partial charge < -0.3 is 0 Å². The van der Waals surface area contributed by atoms with Gasteiger partial charge in [-0.3, -0.25) is 0 Å². The molecule has 0 aliphatic carbocycles. The van der Waals surface area contributed by atoms with Gasteiger partial charge in [0, 0.05) is 16.7 Å². The van der Waals surface area contributed by atoms with Crippen LogP contribution in [0.1, 0.15) is 0 Å². The Kier molecular flexibility index (Phi) is 5.50. The van der Waals surface area contributed by atoms with Crippen molar-refractivity contribution in [1.29, 1.82) is 0 Å². The van der Waals surface area contributed by atoms with Gasteiger partial charge in [0.05, 0.1) is 0 Å². The number of hydrogen-bond acceptors (Lipinski definition) is 3. The quantitative estimate of drug-likeness (QED) is 0.202. The second-order valence-electron chi connectivity index (χ2n) is 11.2. The van der Waals surface area contributed by atoms with Crippen molar-refractivity contribution in [2.24, 2.45) is 0 Å². The molecule has 0 radical (unpaired) electrons. The van der Waals surface area contributed by atoms with Gasteiger partial charge in [0.15, 0.2) is 17.5 Å². The highest BCUT2D eigenvalue weighted by atomic mass is 15.0. The van der Waals surface area contributed by atoms with Crippen LogP contribution in [-0.2, 0) is 0 Å². The van der Waals surface area contributed by atoms with Crippen molar-refractivity contribution in [1.82, 2.24) is 15.0 Å². The van der Waals surface area contributed by atoms with Gasteiger partial charge in [0.25, 0.3) is 0 Å². The molecular weight excluding hydrogens is 534 g/mol. The Hall–Kier alpha value is -5.93. The number of aromatic nitrogens is 3. The predicted molar refractivity (Wildman–Crippen MR) is 184 cm³/mol. The number of hydrogen-bond donors (Lipinski definition) is 0. The Morgan fingerprint density at radius 1 is 0.273 bits per heavy atom. The normalized spacial score (nSPS) is 11.6. The summed E-state index contributed by atoms with van der Waals surface area (Å²) >= 11 is 0. The third-order valence-electron chi connectivity index (χ3n) is 8.64. The minimum absolute atomic E-state index is 0.657. The van der Waals surface area contributed by atoms with E-state index in [9.17, 15) is 0 Å². The SMILES string of the molecule is c1ccc(-c2nc(-c3ccccc3)nc(-c3cc4ccc5cccc6c7ccccc7c7ccccc7c(c3)c4c56)n2)cc1. The molecule has 1 heterocycles. The van der Waals surface area contributed by atoms with E-state index in [4.69, 9.17) is 15.0 Å². The average Bonchev–Trinajstić information content (AvgIpc) is 3.11. The molecule has 3 nitrogen and oxygen atoms in total. The van der Waals surface area contributed by atoms with Crippen molar-refractivity contribution in [3.05, 3.63) is 152 Å². The summed E-state index contributed by atoms with van der Waals surface area (Å²) < 4.78 is 0. The van der Waals surface area contributed by atoms with Crippen LogP contribution in [-0.4, -0.2) is 15.0 Å². The molecule has 0 unspecified atom stereocenters. The van der Waals surface area contributed by atoms with E-state index in [1.165, 1.54) is 48.5 Å². The Balaban J connectivity index is 1.44. The molecule has 0 spiro atoms. The molecule has 0 saturated carbocycles. The molecule has 0 saturated heterocycles. The molecule has 0 bridgehead atoms. The van der Waals surface area contributed by atoms with Crippen LogP contribution in [0, 0.1) is 0 Å². The molecule has 0 fully saturated rings. The molecule has 1 aromatic heterocycles. The van der Waals surface area contributed by atoms with Crippen LogP contribution >= 0.6 is 0 Å². The fraction of sp³-hybridized carbons (Fsp3) is 0. The lowest BCUT2D eigenvalue weighted by Gasteiger charge is -2.15. The Labute approximate surface area is 254 Å². The molecule has 0 aliphatic heterocycles. The van der Waals surface area contributed by atoms with Gasteiger partial charge in [0.2, 0.25) is 0 Å². The van der Waals surface area contributed by atoms with Crippen molar-refractivity contribution >= 4 is 53.9 Å². The minimum Gasteiger partial charge on any atom is -0.208 e. The van der Waals surface area contributed by atoms with Crippen LogP contribution in [0.5, 0.6) is 0 Å². The van der Waals surface area contributed by atoms with Gasteiger partial charge in [-0.15, -0.1) is 0 Å². The highest BCUT2D eigenvalue weighted by Gasteiger charge is 2.17. The van der Waals surface area contributed by atoms with Crippen LogP contribution in [0.3, 0.4) is 0 Å². The first kappa shape index (κ1) is 24.6. The van der Waals surface area contributed by atoms with Crippen molar-refractivity contribution < 1.29 is 0 Å². The Bertz CT molecular complexity index is 2480. The summed E-state index contributed by atoms with van der Waals surface area (Å²) in [4.78, 5) is 15.1. The first-order valence-corrected chi connectivity index (χ1v) is 14.9. The molecule has 8 aromatic carbocycles. The van der Waals surface area contributed by atoms with Crippen LogP contribution in [0.4, 0.5) is 0 Å². The van der Waals surface area contributed by atoms with Gasteiger partial charge in [-0.25, -0.2) is 15.0 Å². The fourth-order valence-corrected chi connectivity index (χ4v) is 6.65. The predicted octanol–water partition coefficient (Wildman–Crippen LogP) is 10.6. The van der Waals surface area contributed by atoms with Crippen molar-refractivity contribution in [3.63, 3.8) is 0 Å². The summed E-state index contributed by atoms with van der Waals surface area (Å²) in [5, 5.41) is 12.3. The van der Waals surface area contributed by atoms with E-state index in [2.05, 4.69) is 91.0 Å². The first-order valence-electron chi connectivity index (χ1n) is 14.9. The topological polar surface area (TPSA) is 38.7 Å². The van der Waals surface area contributed by atoms with Crippen LogP contribution in [0.2, 0.25) is 0 Å². The number of fused-ring (bicyclic) bond motifs is 5. The highest BCUT2D eigenvalue weighted by Crippen LogP contribution is 2.41. The highest BCUT2D eigenvalue weighted by molar-refractivity contribution is 6.33. The lowest BCUT2D eigenvalue weighted by molar-refractivity contribution is 1.07. The number of benzene rings is 7. The molecule has 3 heteroatoms. The lowest BCUT2D eigenvalue weighted by Crippen LogP contribution is -2.00. The van der Waals surface area contributed by atoms with Crippen LogP contribution in [0.25, 0.3) is 88.0 Å². The summed E-state index contributed by atoms with van der Waals surface area (Å²) in [6, 6.07) is 53.5. The first-order chi connectivity index (χ1) is 21.8. The second kappa shape index (κ2) is 9.82. The van der Waals surface area contributed by atoms with Gasteiger partial charge in [-0.05, 0) is 66.0 Å². The molecule has 44 heavy (non-hydrogen) atoms. The standard InChI is InChI=1S/C41H25N3/c1-3-12-27(13-4-1)39-42-40(28-14-5-2-6-15-28)44-41(43-39)30-24-29-23-22-26-16-11-21-35-33-19-9-7-17-31(33)32-18-8-10-20-34(32)36(25-30)38(29)37(26)35/h1-25H. The largest absolute Gasteiger partial charge is 0.208 e. The maximum absolute atomic E-state index is 5.07. The van der Waals surface area contributed by atoms with Crippen molar-refractivity contribution in [2.75, 3.05) is 0 Å². The average molecular weight is 560 g/mol. The third-order valence-corrected chi connectivity index (χ3v) is 8.64. The summed E-state index contributed by atoms with van der Waals surface area (Å²) in [5.74, 6) is 1.98. The fourth-order valence-electron chi connectivity index (χ4n) is 6.65. The van der Waals surface area contributed by atoms with E-state index >= 15 is 0 Å². The molecule has 0 amide bonds. The van der Waals surface area contributed by atoms with Gasteiger partial charge in [-0.1, -0.05) is 140 Å². The summed E-state index contributed by atoms with van der Waals surface area (Å²) in [6.45, 7) is 0.